The molecule has 0 aliphatic carbocycles. The van der Waals surface area contributed by atoms with E-state index in [1.165, 1.54) is 0 Å². The van der Waals surface area contributed by atoms with Crippen LogP contribution in [-0.4, -0.2) is 51.7 Å². The number of amides is 2. The number of anilines is 1. The lowest BCUT2D eigenvalue weighted by molar-refractivity contribution is -0.135. The number of oxime groups is 1. The van der Waals surface area contributed by atoms with Crippen molar-refractivity contribution in [2.45, 2.75) is 25.0 Å². The Morgan fingerprint density at radius 3 is 2.50 bits per heavy atom. The van der Waals surface area contributed by atoms with Crippen LogP contribution in [0.3, 0.4) is 0 Å². The predicted octanol–water partition coefficient (Wildman–Crippen LogP) is 6.41. The van der Waals surface area contributed by atoms with E-state index in [4.69, 9.17) is 4.84 Å². The third-order valence-corrected chi connectivity index (χ3v) is 8.03. The first-order valence-corrected chi connectivity index (χ1v) is 14.3. The number of nitrogens with zero attached hydrogens (tertiary/aromatic N) is 4. The van der Waals surface area contributed by atoms with E-state index in [9.17, 15) is 9.59 Å². The van der Waals surface area contributed by atoms with Crippen molar-refractivity contribution in [2.75, 3.05) is 25.0 Å². The number of thioether (sulfide) groups is 1. The number of hydrogen-bond donors (Lipinski definition) is 1. The number of likely N-dealkylation sites (N-methyl/N-ethyl adjacent to an activating group) is 1. The van der Waals surface area contributed by atoms with Gasteiger partial charge in [0, 0.05) is 65.5 Å². The largest absolute Gasteiger partial charge is 0.385 e. The van der Waals surface area contributed by atoms with E-state index in [1.54, 1.807) is 22.9 Å². The van der Waals surface area contributed by atoms with Gasteiger partial charge < -0.3 is 19.6 Å². The Morgan fingerprint density at radius 2 is 1.79 bits per heavy atom. The first-order chi connectivity index (χ1) is 19.6. The molecule has 1 aliphatic rings. The lowest BCUT2D eigenvalue weighted by atomic mass is 10.0. The van der Waals surface area contributed by atoms with E-state index in [0.717, 1.165) is 28.1 Å². The van der Waals surface area contributed by atoms with Gasteiger partial charge in [0.1, 0.15) is 11.1 Å². The smallest absolute Gasteiger partial charge is 0.263 e. The van der Waals surface area contributed by atoms with E-state index in [0.29, 0.717) is 30.1 Å². The molecule has 1 aliphatic heterocycles. The van der Waals surface area contributed by atoms with Crippen LogP contribution in [0.1, 0.15) is 52.0 Å². The molecule has 11 heteroatoms. The molecule has 3 heterocycles. The molecule has 220 valence electrons. The zero-order valence-corrected chi connectivity index (χ0v) is 25.8. The number of halogens is 2. The molecule has 0 bridgehead atoms. The fraction of sp³-hybridized carbons (Fsp3) is 0.226. The minimum absolute atomic E-state index is 0. The minimum atomic E-state index is -0.169. The Labute approximate surface area is 262 Å². The van der Waals surface area contributed by atoms with Crippen LogP contribution in [0, 0.1) is 0 Å². The normalized spacial score (nSPS) is 13.8. The van der Waals surface area contributed by atoms with E-state index in [-0.39, 0.29) is 48.6 Å². The van der Waals surface area contributed by atoms with Gasteiger partial charge in [-0.1, -0.05) is 53.7 Å². The highest BCUT2D eigenvalue weighted by Crippen LogP contribution is 2.42. The summed E-state index contributed by atoms with van der Waals surface area (Å²) in [5.41, 5.74) is 5.56. The molecular weight excluding hydrogens is 593 g/mol. The molecule has 0 saturated heterocycles. The van der Waals surface area contributed by atoms with Gasteiger partial charge in [-0.2, -0.15) is 0 Å². The topological polar surface area (TPSA) is 88.8 Å². The highest BCUT2D eigenvalue weighted by molar-refractivity contribution is 7.99. The molecule has 0 saturated carbocycles. The van der Waals surface area contributed by atoms with Gasteiger partial charge >= 0.3 is 0 Å². The van der Waals surface area contributed by atoms with Gasteiger partial charge in [-0.15, -0.1) is 36.6 Å². The van der Waals surface area contributed by atoms with Gasteiger partial charge in [-0.3, -0.25) is 14.6 Å². The third-order valence-electron chi connectivity index (χ3n) is 6.77. The highest BCUT2D eigenvalue weighted by Gasteiger charge is 2.28. The van der Waals surface area contributed by atoms with E-state index >= 15 is 0 Å². The molecule has 0 fully saturated rings. The number of rotatable bonds is 10. The first-order valence-electron chi connectivity index (χ1n) is 13.2. The molecular formula is C31H33Cl2N5O3S. The van der Waals surface area contributed by atoms with Crippen LogP contribution in [0.5, 0.6) is 0 Å². The van der Waals surface area contributed by atoms with Crippen molar-refractivity contribution in [3.63, 3.8) is 0 Å². The summed E-state index contributed by atoms with van der Waals surface area (Å²) in [6.45, 7) is 4.94. The number of hydrogen-bond acceptors (Lipinski definition) is 6. The van der Waals surface area contributed by atoms with Crippen molar-refractivity contribution in [3.05, 3.63) is 119 Å². The Hall–Kier alpha value is -3.79. The number of carbonyl (C=O) groups excluding carboxylic acids is 2. The average molecular weight is 627 g/mol. The van der Waals surface area contributed by atoms with Crippen molar-refractivity contribution in [1.82, 2.24) is 14.5 Å². The van der Waals surface area contributed by atoms with Crippen LogP contribution >= 0.6 is 36.6 Å². The second-order valence-electron chi connectivity index (χ2n) is 9.21. The zero-order chi connectivity index (χ0) is 27.9. The van der Waals surface area contributed by atoms with Gasteiger partial charge in [0.25, 0.3) is 11.8 Å². The fourth-order valence-electron chi connectivity index (χ4n) is 4.71. The number of aromatic nitrogens is 2. The van der Waals surface area contributed by atoms with Crippen molar-refractivity contribution in [1.29, 1.82) is 0 Å². The molecule has 2 aromatic carbocycles. The summed E-state index contributed by atoms with van der Waals surface area (Å²) in [5, 5.41) is 7.51. The monoisotopic (exact) mass is 625 g/mol. The van der Waals surface area contributed by atoms with Gasteiger partial charge in [0.2, 0.25) is 0 Å². The minimum Gasteiger partial charge on any atom is -0.385 e. The van der Waals surface area contributed by atoms with Crippen molar-refractivity contribution in [2.24, 2.45) is 5.16 Å². The summed E-state index contributed by atoms with van der Waals surface area (Å²) in [6, 6.07) is 23.0. The van der Waals surface area contributed by atoms with Gasteiger partial charge in [-0.05, 0) is 38.1 Å². The van der Waals surface area contributed by atoms with Crippen LogP contribution in [-0.2, 0) is 15.4 Å². The van der Waals surface area contributed by atoms with Gasteiger partial charge in [0.05, 0.1) is 5.56 Å². The number of carbonyl (C=O) groups is 2. The van der Waals surface area contributed by atoms with Crippen molar-refractivity contribution >= 4 is 59.8 Å². The molecule has 5 rings (SSSR count). The first kappa shape index (κ1) is 32.7. The average Bonchev–Trinajstić information content (AvgIpc) is 3.60. The Bertz CT molecular complexity index is 1510. The van der Waals surface area contributed by atoms with E-state index < -0.39 is 0 Å². The summed E-state index contributed by atoms with van der Waals surface area (Å²) >= 11 is 1.77. The lowest BCUT2D eigenvalue weighted by Crippen LogP contribution is -2.33. The van der Waals surface area contributed by atoms with Crippen LogP contribution in [0.15, 0.2) is 96.5 Å². The molecule has 0 radical (unpaired) electrons. The summed E-state index contributed by atoms with van der Waals surface area (Å²) in [6.07, 6.45) is 5.60. The number of fused-ring (bicyclic) bond motifs is 1. The Balaban J connectivity index is 0.00000242. The molecule has 0 spiro atoms. The number of nitrogens with one attached hydrogen (secondary N) is 1. The van der Waals surface area contributed by atoms with Gasteiger partial charge in [-0.25, -0.2) is 0 Å². The van der Waals surface area contributed by atoms with Crippen molar-refractivity contribution < 1.29 is 14.4 Å². The number of benzene rings is 2. The highest BCUT2D eigenvalue weighted by atomic mass is 35.5. The maximum absolute atomic E-state index is 13.4. The predicted molar refractivity (Wildman–Crippen MR) is 173 cm³/mol. The molecule has 42 heavy (non-hydrogen) atoms. The standard InChI is InChI=1S/C31H31N5O3S.2ClH/c1-3-35(4-2)28(37)20-39-34-29(22-10-6-5-7-11-22)23-12-8-14-25(18-23)33-30(38)26-15-17-36-27(26)21-40-31(36)24-13-9-16-32-19-24;;/h5-19,31H,3-4,20-21H2,1-2H3,(H,33,38);2*1H. The Kier molecular flexibility index (Phi) is 12.0. The maximum atomic E-state index is 13.4. The molecule has 1 atom stereocenters. The lowest BCUT2D eigenvalue weighted by Gasteiger charge is -2.17. The fourth-order valence-corrected chi connectivity index (χ4v) is 6.02. The van der Waals surface area contributed by atoms with Crippen LogP contribution < -0.4 is 5.32 Å². The second-order valence-corrected chi connectivity index (χ2v) is 10.3. The Morgan fingerprint density at radius 1 is 1.02 bits per heavy atom. The SMILES string of the molecule is CCN(CC)C(=O)CON=C(c1ccccc1)c1cccc(NC(=O)c2ccn3c2CSC3c2cccnc2)c1.Cl.Cl. The summed E-state index contributed by atoms with van der Waals surface area (Å²) in [4.78, 5) is 37.2. The van der Waals surface area contributed by atoms with Crippen molar-refractivity contribution in [3.8, 4) is 0 Å². The molecule has 1 unspecified atom stereocenters. The van der Waals surface area contributed by atoms with Crippen LogP contribution in [0.4, 0.5) is 5.69 Å². The van der Waals surface area contributed by atoms with Crippen LogP contribution in [0.25, 0.3) is 0 Å². The third kappa shape index (κ3) is 7.34. The molecule has 1 N–H and O–H groups in total. The summed E-state index contributed by atoms with van der Waals surface area (Å²) < 4.78 is 2.14. The molecule has 4 aromatic rings. The number of pyridine rings is 1. The second kappa shape index (κ2) is 15.4. The summed E-state index contributed by atoms with van der Waals surface area (Å²) in [5.74, 6) is 0.452. The molecule has 2 aromatic heterocycles. The van der Waals surface area contributed by atoms with E-state index in [2.05, 4.69) is 26.1 Å². The quantitative estimate of drug-likeness (QED) is 0.162. The van der Waals surface area contributed by atoms with Gasteiger partial charge in [0.15, 0.2) is 6.61 Å². The van der Waals surface area contributed by atoms with Crippen LogP contribution in [0.2, 0.25) is 0 Å². The maximum Gasteiger partial charge on any atom is 0.263 e. The van der Waals surface area contributed by atoms with E-state index in [1.807, 2.05) is 93.0 Å². The molecule has 8 nitrogen and oxygen atoms in total. The zero-order valence-electron chi connectivity index (χ0n) is 23.3. The molecule has 2 amide bonds. The summed E-state index contributed by atoms with van der Waals surface area (Å²) in [7, 11) is 0.